The number of benzene rings is 1. The molecule has 1 aromatic carbocycles. The molecule has 0 spiro atoms. The van der Waals surface area contributed by atoms with E-state index in [1.807, 2.05) is 29.2 Å². The van der Waals surface area contributed by atoms with Crippen molar-refractivity contribution in [2.24, 2.45) is 17.6 Å². The zero-order valence-corrected chi connectivity index (χ0v) is 25.7. The molecule has 8 nitrogen and oxygen atoms in total. The summed E-state index contributed by atoms with van der Waals surface area (Å²) in [7, 11) is 0. The number of aliphatic hydroxyl groups excluding tert-OH is 1. The third-order valence-electron chi connectivity index (χ3n) is 7.28. The number of carbonyl (C=O) groups is 2. The Morgan fingerprint density at radius 3 is 2.48 bits per heavy atom. The molecule has 1 aliphatic rings. The van der Waals surface area contributed by atoms with Crippen LogP contribution in [0, 0.1) is 11.8 Å². The van der Waals surface area contributed by atoms with Crippen molar-refractivity contribution in [1.29, 1.82) is 0 Å². The lowest BCUT2D eigenvalue weighted by Gasteiger charge is -2.39. The first-order valence-electron chi connectivity index (χ1n) is 14.3. The number of nitrogens with two attached hydrogens (primary N) is 1. The summed E-state index contributed by atoms with van der Waals surface area (Å²) in [5.41, 5.74) is 9.27. The standard InChI is InChI=1S/C31H47N5O3.ClH/c1-7-35(8-2)26-14-11-12-22-17-23(30(39)36(29(22)26)20-24-13-9-10-15-33-24)18-27(37)25(16-21(3)4)34-28(38)19-31(5,6)32;/h9-15,21,23,25,27,37H,7-8,16-20,32H2,1-6H3,(H,34,38);1H/t23?,25-,27?;/m1./s1. The van der Waals surface area contributed by atoms with Crippen LogP contribution in [0.15, 0.2) is 42.6 Å². The minimum absolute atomic E-state index is 0. The Labute approximate surface area is 246 Å². The van der Waals surface area contributed by atoms with Crippen LogP contribution in [0.2, 0.25) is 0 Å². The molecule has 0 bridgehead atoms. The Morgan fingerprint density at radius 2 is 1.90 bits per heavy atom. The van der Waals surface area contributed by atoms with Gasteiger partial charge in [0.2, 0.25) is 11.8 Å². The van der Waals surface area contributed by atoms with E-state index in [1.165, 1.54) is 0 Å². The van der Waals surface area contributed by atoms with Gasteiger partial charge in [-0.1, -0.05) is 32.0 Å². The van der Waals surface area contributed by atoms with Crippen LogP contribution in [-0.4, -0.2) is 52.7 Å². The first-order chi connectivity index (χ1) is 18.4. The van der Waals surface area contributed by atoms with Crippen LogP contribution < -0.4 is 20.9 Å². The number of nitrogens with one attached hydrogen (secondary N) is 1. The van der Waals surface area contributed by atoms with Crippen molar-refractivity contribution < 1.29 is 14.7 Å². The monoisotopic (exact) mass is 573 g/mol. The van der Waals surface area contributed by atoms with Crippen molar-refractivity contribution in [3.8, 4) is 0 Å². The Balaban J connectivity index is 0.00000560. The summed E-state index contributed by atoms with van der Waals surface area (Å²) < 4.78 is 0. The minimum Gasteiger partial charge on any atom is -0.391 e. The average Bonchev–Trinajstić information content (AvgIpc) is 2.86. The zero-order valence-electron chi connectivity index (χ0n) is 24.9. The van der Waals surface area contributed by atoms with E-state index in [-0.39, 0.29) is 43.0 Å². The summed E-state index contributed by atoms with van der Waals surface area (Å²) in [4.78, 5) is 35.4. The highest BCUT2D eigenvalue weighted by atomic mass is 35.5. The van der Waals surface area contributed by atoms with Crippen LogP contribution >= 0.6 is 12.4 Å². The van der Waals surface area contributed by atoms with Gasteiger partial charge in [-0.05, 0) is 76.6 Å². The number of aromatic nitrogens is 1. The van der Waals surface area contributed by atoms with Gasteiger partial charge in [-0.2, -0.15) is 0 Å². The van der Waals surface area contributed by atoms with Crippen molar-refractivity contribution in [1.82, 2.24) is 10.3 Å². The highest BCUT2D eigenvalue weighted by molar-refractivity contribution is 6.01. The maximum Gasteiger partial charge on any atom is 0.230 e. The van der Waals surface area contributed by atoms with Crippen molar-refractivity contribution in [2.45, 2.75) is 91.5 Å². The van der Waals surface area contributed by atoms with E-state index in [1.54, 1.807) is 20.0 Å². The van der Waals surface area contributed by atoms with Crippen LogP contribution in [-0.2, 0) is 22.6 Å². The van der Waals surface area contributed by atoms with Gasteiger partial charge in [-0.15, -0.1) is 12.4 Å². The highest BCUT2D eigenvalue weighted by Gasteiger charge is 2.38. The molecule has 3 rings (SSSR count). The van der Waals surface area contributed by atoms with Crippen molar-refractivity contribution >= 4 is 35.6 Å². The molecule has 4 N–H and O–H groups in total. The second kappa shape index (κ2) is 14.8. The molecular formula is C31H48ClN5O3. The van der Waals surface area contributed by atoms with Gasteiger partial charge in [-0.3, -0.25) is 14.6 Å². The van der Waals surface area contributed by atoms with E-state index in [9.17, 15) is 14.7 Å². The van der Waals surface area contributed by atoms with E-state index in [0.29, 0.717) is 19.4 Å². The van der Waals surface area contributed by atoms with Crippen molar-refractivity contribution in [2.75, 3.05) is 22.9 Å². The number of anilines is 2. The van der Waals surface area contributed by atoms with E-state index < -0.39 is 23.6 Å². The number of halogens is 1. The number of aliphatic hydroxyl groups is 1. The van der Waals surface area contributed by atoms with Gasteiger partial charge in [0.05, 0.1) is 35.8 Å². The number of nitrogens with zero attached hydrogens (tertiary/aromatic N) is 3. The summed E-state index contributed by atoms with van der Waals surface area (Å²) in [6, 6.07) is 11.5. The first-order valence-corrected chi connectivity index (χ1v) is 14.3. The number of para-hydroxylation sites is 1. The fraction of sp³-hybridized carbons (Fsp3) is 0.581. The largest absolute Gasteiger partial charge is 0.391 e. The Morgan fingerprint density at radius 1 is 1.20 bits per heavy atom. The topological polar surface area (TPSA) is 112 Å². The molecule has 3 atom stereocenters. The van der Waals surface area contributed by atoms with Gasteiger partial charge in [0, 0.05) is 37.2 Å². The number of fused-ring (bicyclic) bond motifs is 1. The smallest absolute Gasteiger partial charge is 0.230 e. The molecule has 0 radical (unpaired) electrons. The van der Waals surface area contributed by atoms with E-state index in [2.05, 4.69) is 55.0 Å². The molecule has 2 amide bonds. The maximum atomic E-state index is 14.1. The lowest BCUT2D eigenvalue weighted by molar-refractivity contribution is -0.125. The van der Waals surface area contributed by atoms with Crippen LogP contribution in [0.1, 0.15) is 72.1 Å². The number of hydrogen-bond acceptors (Lipinski definition) is 6. The molecule has 0 aliphatic carbocycles. The molecule has 2 unspecified atom stereocenters. The summed E-state index contributed by atoms with van der Waals surface area (Å²) in [5, 5.41) is 14.4. The fourth-order valence-electron chi connectivity index (χ4n) is 5.50. The predicted octanol–water partition coefficient (Wildman–Crippen LogP) is 4.46. The number of rotatable bonds is 13. The number of carbonyl (C=O) groups excluding carboxylic acids is 2. The van der Waals surface area contributed by atoms with Crippen LogP contribution in [0.25, 0.3) is 0 Å². The zero-order chi connectivity index (χ0) is 28.7. The van der Waals surface area contributed by atoms with Gasteiger partial charge >= 0.3 is 0 Å². The average molecular weight is 574 g/mol. The minimum atomic E-state index is -0.865. The lowest BCUT2D eigenvalue weighted by Crippen LogP contribution is -2.49. The molecule has 222 valence electrons. The Hall–Kier alpha value is -2.68. The molecule has 2 heterocycles. The Kier molecular flexibility index (Phi) is 12.4. The van der Waals surface area contributed by atoms with Gasteiger partial charge < -0.3 is 26.0 Å². The third kappa shape index (κ3) is 8.91. The van der Waals surface area contributed by atoms with Crippen LogP contribution in [0.4, 0.5) is 11.4 Å². The SMILES string of the molecule is CCN(CC)c1cccc2c1N(Cc1ccccn1)C(=O)C(CC(O)[C@@H](CC(C)C)NC(=O)CC(C)(C)N)C2.Cl. The van der Waals surface area contributed by atoms with E-state index in [4.69, 9.17) is 5.73 Å². The molecule has 40 heavy (non-hydrogen) atoms. The molecule has 0 saturated carbocycles. The normalized spacial score (nSPS) is 16.7. The lowest BCUT2D eigenvalue weighted by atomic mass is 9.84. The molecule has 2 aromatic rings. The second-order valence-electron chi connectivity index (χ2n) is 11.9. The van der Waals surface area contributed by atoms with Gasteiger partial charge in [0.1, 0.15) is 0 Å². The second-order valence-corrected chi connectivity index (χ2v) is 11.9. The number of amides is 2. The molecule has 9 heteroatoms. The molecule has 0 saturated heterocycles. The van der Waals surface area contributed by atoms with Crippen molar-refractivity contribution in [3.05, 3.63) is 53.9 Å². The van der Waals surface area contributed by atoms with Gasteiger partial charge in [0.15, 0.2) is 0 Å². The summed E-state index contributed by atoms with van der Waals surface area (Å²) in [6.07, 6.45) is 2.45. The maximum absolute atomic E-state index is 14.1. The number of hydrogen-bond donors (Lipinski definition) is 3. The summed E-state index contributed by atoms with van der Waals surface area (Å²) in [6.45, 7) is 14.0. The van der Waals surface area contributed by atoms with Gasteiger partial charge in [0.25, 0.3) is 0 Å². The molecule has 0 fully saturated rings. The molecule has 1 aliphatic heterocycles. The third-order valence-corrected chi connectivity index (χ3v) is 7.28. The summed E-state index contributed by atoms with van der Waals surface area (Å²) >= 11 is 0. The van der Waals surface area contributed by atoms with Gasteiger partial charge in [-0.25, -0.2) is 0 Å². The predicted molar refractivity (Wildman–Crippen MR) is 165 cm³/mol. The molecular weight excluding hydrogens is 526 g/mol. The highest BCUT2D eigenvalue weighted by Crippen LogP contribution is 2.41. The molecule has 1 aromatic heterocycles. The fourth-order valence-corrected chi connectivity index (χ4v) is 5.50. The Bertz CT molecular complexity index is 1100. The number of pyridine rings is 1. The van der Waals surface area contributed by atoms with E-state index >= 15 is 0 Å². The quantitative estimate of drug-likeness (QED) is 0.326. The van der Waals surface area contributed by atoms with Crippen LogP contribution in [0.5, 0.6) is 0 Å². The van der Waals surface area contributed by atoms with Crippen molar-refractivity contribution in [3.63, 3.8) is 0 Å². The van der Waals surface area contributed by atoms with Crippen LogP contribution in [0.3, 0.4) is 0 Å². The first kappa shape index (κ1) is 33.5. The summed E-state index contributed by atoms with van der Waals surface area (Å²) in [5.74, 6) is -0.366. The van der Waals surface area contributed by atoms with E-state index in [0.717, 1.165) is 35.7 Å².